The Morgan fingerprint density at radius 2 is 0.790 bits per heavy atom. The van der Waals surface area contributed by atoms with Crippen LogP contribution in [0.2, 0.25) is 0 Å². The molecule has 5 heteroatoms. The van der Waals surface area contributed by atoms with Crippen molar-refractivity contribution in [3.63, 3.8) is 0 Å². The van der Waals surface area contributed by atoms with Crippen molar-refractivity contribution in [3.05, 3.63) is 147 Å². The van der Waals surface area contributed by atoms with Crippen LogP contribution in [0, 0.1) is 20.8 Å². The molecular weight excluding hydrogens is 759 g/mol. The molecule has 0 aliphatic carbocycles. The molecule has 2 N–H and O–H groups in total. The minimum Gasteiger partial charge on any atom is -0.399 e. The van der Waals surface area contributed by atoms with E-state index in [0.717, 1.165) is 49.6 Å². The van der Waals surface area contributed by atoms with Crippen molar-refractivity contribution in [1.82, 2.24) is 0 Å². The van der Waals surface area contributed by atoms with E-state index in [0.29, 0.717) is 12.8 Å². The van der Waals surface area contributed by atoms with Gasteiger partial charge in [0, 0.05) is 10.8 Å². The first kappa shape index (κ1) is 50.9. The van der Waals surface area contributed by atoms with Crippen molar-refractivity contribution in [2.45, 2.75) is 188 Å². The van der Waals surface area contributed by atoms with Gasteiger partial charge in [-0.2, -0.15) is 0 Å². The van der Waals surface area contributed by atoms with Crippen LogP contribution in [0.4, 0.5) is 0 Å². The maximum atomic E-state index is 10.6. The van der Waals surface area contributed by atoms with Gasteiger partial charge in [-0.1, -0.05) is 170 Å². The molecule has 62 heavy (non-hydrogen) atoms. The quantitative estimate of drug-likeness (QED) is 0.104. The maximum absolute atomic E-state index is 10.6. The molecule has 1 fully saturated rings. The van der Waals surface area contributed by atoms with Crippen LogP contribution in [0.1, 0.15) is 185 Å². The summed E-state index contributed by atoms with van der Waals surface area (Å²) in [5.41, 5.74) is 10.5. The summed E-state index contributed by atoms with van der Waals surface area (Å²) in [6, 6.07) is 31.4. The molecule has 1 aliphatic rings. The predicted molar refractivity (Wildman–Crippen MR) is 268 cm³/mol. The number of aliphatic hydroxyl groups is 2. The summed E-state index contributed by atoms with van der Waals surface area (Å²) < 4.78 is 12.5. The molecule has 1 saturated heterocycles. The van der Waals surface area contributed by atoms with Crippen molar-refractivity contribution in [1.29, 1.82) is 0 Å². The first-order valence-corrected chi connectivity index (χ1v) is 23.8. The lowest BCUT2D eigenvalue weighted by atomic mass is 9.69. The third-order valence-electron chi connectivity index (χ3n) is 15.2. The Balaban J connectivity index is 0.000000282. The van der Waals surface area contributed by atoms with E-state index in [1.165, 1.54) is 44.5 Å². The van der Waals surface area contributed by atoms with Gasteiger partial charge in [-0.25, -0.2) is 0 Å². The molecule has 5 rings (SSSR count). The average molecular weight is 841 g/mol. The highest BCUT2D eigenvalue weighted by molar-refractivity contribution is 6.62. The fraction of sp³-hybridized carbons (Fsp3) is 0.509. The summed E-state index contributed by atoms with van der Waals surface area (Å²) in [5.74, 6) is 0. The van der Waals surface area contributed by atoms with Crippen molar-refractivity contribution in [3.8, 4) is 0 Å². The van der Waals surface area contributed by atoms with E-state index in [1.54, 1.807) is 0 Å². The van der Waals surface area contributed by atoms with Gasteiger partial charge in [0.2, 0.25) is 0 Å². The Morgan fingerprint density at radius 1 is 0.468 bits per heavy atom. The zero-order valence-corrected chi connectivity index (χ0v) is 41.3. The van der Waals surface area contributed by atoms with Gasteiger partial charge in [-0.3, -0.25) is 0 Å². The first-order valence-electron chi connectivity index (χ1n) is 23.8. The minimum atomic E-state index is -0.735. The number of rotatable bonds is 17. The summed E-state index contributed by atoms with van der Waals surface area (Å²) in [4.78, 5) is 0. The lowest BCUT2D eigenvalue weighted by molar-refractivity contribution is 0.00578. The lowest BCUT2D eigenvalue weighted by Crippen LogP contribution is -2.41. The van der Waals surface area contributed by atoms with E-state index < -0.39 is 11.2 Å². The molecule has 4 nitrogen and oxygen atoms in total. The second-order valence-corrected chi connectivity index (χ2v) is 19.1. The number of aryl methyl sites for hydroxylation is 3. The van der Waals surface area contributed by atoms with E-state index in [1.807, 2.05) is 39.8 Å². The Morgan fingerprint density at radius 3 is 1.10 bits per heavy atom. The van der Waals surface area contributed by atoms with Crippen molar-refractivity contribution >= 4 is 24.7 Å². The number of benzene rings is 4. The van der Waals surface area contributed by atoms with Crippen LogP contribution in [0.3, 0.4) is 0 Å². The normalized spacial score (nSPS) is 15.7. The molecule has 0 amide bonds. The highest BCUT2D eigenvalue weighted by Crippen LogP contribution is 2.42. The third-order valence-corrected chi connectivity index (χ3v) is 15.2. The second kappa shape index (κ2) is 20.8. The van der Waals surface area contributed by atoms with E-state index in [-0.39, 0.29) is 29.2 Å². The molecule has 0 aromatic heterocycles. The van der Waals surface area contributed by atoms with Gasteiger partial charge in [0.1, 0.15) is 0 Å². The maximum Gasteiger partial charge on any atom is 0.494 e. The standard InChI is InChI=1S/C31H45BO3.C26H36O/c1-10-30(33,11-2)21-20-24-14-15-26(22-23(24)5)31(12-3,13-4)25-16-18-27(19-17-25)32-34-28(6,7)29(8,9)35-32;1-7-25(27,8-2)18-17-22-13-16-24(19-21(22)6)26(9-3,10-4)23-14-11-20(5)12-15-23/h14-22,33H,10-13H2,1-9H3;11-19,27H,7-10H2,1-6H3/b21-20+;18-17+. The van der Waals surface area contributed by atoms with Crippen LogP contribution in [0.5, 0.6) is 0 Å². The first-order chi connectivity index (χ1) is 29.2. The Hall–Kier alpha value is -3.74. The number of hydrogen-bond acceptors (Lipinski definition) is 4. The zero-order valence-electron chi connectivity index (χ0n) is 41.3. The van der Waals surface area contributed by atoms with Gasteiger partial charge in [-0.05, 0) is 150 Å². The monoisotopic (exact) mass is 841 g/mol. The van der Waals surface area contributed by atoms with E-state index >= 15 is 0 Å². The van der Waals surface area contributed by atoms with Gasteiger partial charge in [0.05, 0.1) is 22.4 Å². The summed E-state index contributed by atoms with van der Waals surface area (Å²) in [7, 11) is -0.343. The SMILES string of the molecule is CCC(O)(/C=C/c1ccc(C(CC)(CC)c2ccc(B3OC(C)(C)C(C)(C)O3)cc2)cc1C)CC.CCC(O)(/C=C/c1ccc(C(CC)(CC)c2ccc(C)cc2)cc1C)CC. The van der Waals surface area contributed by atoms with Crippen molar-refractivity contribution in [2.75, 3.05) is 0 Å². The molecular formula is C57H81BO4. The molecule has 0 saturated carbocycles. The summed E-state index contributed by atoms with van der Waals surface area (Å²) in [6.07, 6.45) is 15.2. The van der Waals surface area contributed by atoms with Gasteiger partial charge in [0.25, 0.3) is 0 Å². The molecule has 336 valence electrons. The van der Waals surface area contributed by atoms with Crippen molar-refractivity contribution in [2.24, 2.45) is 0 Å². The van der Waals surface area contributed by atoms with Crippen LogP contribution < -0.4 is 5.46 Å². The van der Waals surface area contributed by atoms with Crippen LogP contribution >= 0.6 is 0 Å². The van der Waals surface area contributed by atoms with Gasteiger partial charge in [-0.15, -0.1) is 0 Å². The Kier molecular flexibility index (Phi) is 17.1. The van der Waals surface area contributed by atoms with Crippen LogP contribution in [-0.2, 0) is 20.1 Å². The Bertz CT molecular complexity index is 2070. The van der Waals surface area contributed by atoms with Crippen LogP contribution in [0.15, 0.2) is 97.1 Å². The minimum absolute atomic E-state index is 0.0499. The molecule has 1 heterocycles. The predicted octanol–water partition coefficient (Wildman–Crippen LogP) is 13.9. The average Bonchev–Trinajstić information content (AvgIpc) is 3.50. The summed E-state index contributed by atoms with van der Waals surface area (Å²) in [6.45, 7) is 32.1. The molecule has 4 aromatic rings. The molecule has 0 unspecified atom stereocenters. The third kappa shape index (κ3) is 11.0. The largest absolute Gasteiger partial charge is 0.494 e. The molecule has 1 aliphatic heterocycles. The molecule has 4 aromatic carbocycles. The van der Waals surface area contributed by atoms with Crippen molar-refractivity contribution < 1.29 is 19.5 Å². The highest BCUT2D eigenvalue weighted by Gasteiger charge is 2.51. The van der Waals surface area contributed by atoms with Gasteiger partial charge in [0.15, 0.2) is 0 Å². The summed E-state index contributed by atoms with van der Waals surface area (Å²) >= 11 is 0. The zero-order chi connectivity index (χ0) is 46.1. The van der Waals surface area contributed by atoms with Gasteiger partial charge >= 0.3 is 7.12 Å². The highest BCUT2D eigenvalue weighted by atomic mass is 16.7. The summed E-state index contributed by atoms with van der Waals surface area (Å²) in [5, 5.41) is 21.2. The fourth-order valence-corrected chi connectivity index (χ4v) is 9.06. The number of hydrogen-bond donors (Lipinski definition) is 2. The molecule has 0 bridgehead atoms. The topological polar surface area (TPSA) is 58.9 Å². The van der Waals surface area contributed by atoms with Crippen LogP contribution in [0.25, 0.3) is 12.2 Å². The molecule has 0 radical (unpaired) electrons. The van der Waals surface area contributed by atoms with Gasteiger partial charge < -0.3 is 19.5 Å². The molecule has 0 spiro atoms. The smallest absolute Gasteiger partial charge is 0.399 e. The second-order valence-electron chi connectivity index (χ2n) is 19.1. The van der Waals surface area contributed by atoms with Crippen LogP contribution in [-0.4, -0.2) is 39.7 Å². The fourth-order valence-electron chi connectivity index (χ4n) is 9.06. The lowest BCUT2D eigenvalue weighted by Gasteiger charge is -2.34. The van der Waals surface area contributed by atoms with E-state index in [2.05, 4.69) is 173 Å². The van der Waals surface area contributed by atoms with E-state index in [9.17, 15) is 10.2 Å². The van der Waals surface area contributed by atoms with E-state index in [4.69, 9.17) is 9.31 Å². The Labute approximate surface area is 378 Å². The molecule has 0 atom stereocenters.